The van der Waals surface area contributed by atoms with Gasteiger partial charge in [0.15, 0.2) is 0 Å². The molecule has 1 atom stereocenters. The molecule has 1 saturated heterocycles. The van der Waals surface area contributed by atoms with Crippen LogP contribution >= 0.6 is 0 Å². The van der Waals surface area contributed by atoms with Crippen molar-refractivity contribution in [2.24, 2.45) is 0 Å². The molecule has 1 heterocycles. The second-order valence-corrected chi connectivity index (χ2v) is 4.70. The normalized spacial score (nSPS) is 21.6. The second-order valence-electron chi connectivity index (χ2n) is 4.70. The molecule has 1 aliphatic rings. The van der Waals surface area contributed by atoms with E-state index in [4.69, 9.17) is 0 Å². The molecule has 0 spiro atoms. The minimum absolute atomic E-state index is 0.866. The average molecular weight is 197 g/mol. The third-order valence-electron chi connectivity index (χ3n) is 3.32. The molecule has 0 aromatic rings. The Morgan fingerprint density at radius 2 is 1.71 bits per heavy atom. The first kappa shape index (κ1) is 12.0. The van der Waals surface area contributed by atoms with Crippen molar-refractivity contribution in [1.82, 2.24) is 5.32 Å². The monoisotopic (exact) mass is 197 g/mol. The minimum Gasteiger partial charge on any atom is -0.314 e. The predicted molar refractivity (Wildman–Crippen MR) is 63.6 cm³/mol. The Morgan fingerprint density at radius 1 is 1.00 bits per heavy atom. The zero-order valence-corrected chi connectivity index (χ0v) is 9.86. The molecule has 0 aromatic heterocycles. The van der Waals surface area contributed by atoms with E-state index in [0.29, 0.717) is 0 Å². The highest BCUT2D eigenvalue weighted by molar-refractivity contribution is 4.73. The molecule has 0 aromatic carbocycles. The maximum absolute atomic E-state index is 3.57. The second kappa shape index (κ2) is 8.28. The lowest BCUT2D eigenvalue weighted by atomic mass is 10.0. The highest BCUT2D eigenvalue weighted by Gasteiger charge is 2.12. The van der Waals surface area contributed by atoms with E-state index < -0.39 is 0 Å². The van der Waals surface area contributed by atoms with Crippen LogP contribution in [0.25, 0.3) is 0 Å². The van der Waals surface area contributed by atoms with Crippen LogP contribution < -0.4 is 5.32 Å². The average Bonchev–Trinajstić information content (AvgIpc) is 2.69. The Hall–Kier alpha value is -0.0400. The summed E-state index contributed by atoms with van der Waals surface area (Å²) in [6.07, 6.45) is 14.4. The van der Waals surface area contributed by atoms with Gasteiger partial charge >= 0.3 is 0 Å². The van der Waals surface area contributed by atoms with Crippen molar-refractivity contribution in [3.05, 3.63) is 0 Å². The van der Waals surface area contributed by atoms with Gasteiger partial charge in [-0.05, 0) is 25.8 Å². The maximum atomic E-state index is 3.57. The Labute approximate surface area is 89.7 Å². The van der Waals surface area contributed by atoms with Crippen molar-refractivity contribution in [2.75, 3.05) is 6.54 Å². The SMILES string of the molecule is CCCCCCCCCC1CCCN1. The van der Waals surface area contributed by atoms with Gasteiger partial charge in [0.1, 0.15) is 0 Å². The summed E-state index contributed by atoms with van der Waals surface area (Å²) in [5.74, 6) is 0. The van der Waals surface area contributed by atoms with Gasteiger partial charge in [-0.3, -0.25) is 0 Å². The van der Waals surface area contributed by atoms with Crippen molar-refractivity contribution >= 4 is 0 Å². The first-order chi connectivity index (χ1) is 6.93. The molecule has 1 nitrogen and oxygen atoms in total. The van der Waals surface area contributed by atoms with Gasteiger partial charge in [-0.25, -0.2) is 0 Å². The summed E-state index contributed by atoms with van der Waals surface area (Å²) in [6, 6.07) is 0.866. The largest absolute Gasteiger partial charge is 0.314 e. The summed E-state index contributed by atoms with van der Waals surface area (Å²) in [5, 5.41) is 3.57. The molecule has 1 aliphatic heterocycles. The first-order valence-corrected chi connectivity index (χ1v) is 6.67. The van der Waals surface area contributed by atoms with E-state index in [1.807, 2.05) is 0 Å². The van der Waals surface area contributed by atoms with Crippen LogP contribution in [0, 0.1) is 0 Å². The summed E-state index contributed by atoms with van der Waals surface area (Å²) in [4.78, 5) is 0. The third kappa shape index (κ3) is 5.64. The molecule has 0 radical (unpaired) electrons. The van der Waals surface area contributed by atoms with Gasteiger partial charge in [-0.1, -0.05) is 51.9 Å². The molecule has 1 rings (SSSR count). The Kier molecular flexibility index (Phi) is 7.12. The quantitative estimate of drug-likeness (QED) is 0.582. The van der Waals surface area contributed by atoms with E-state index in [2.05, 4.69) is 12.2 Å². The van der Waals surface area contributed by atoms with Crippen LogP contribution in [0.2, 0.25) is 0 Å². The van der Waals surface area contributed by atoms with Gasteiger partial charge in [-0.2, -0.15) is 0 Å². The van der Waals surface area contributed by atoms with Gasteiger partial charge < -0.3 is 5.32 Å². The standard InChI is InChI=1S/C13H27N/c1-2-3-4-5-6-7-8-10-13-11-9-12-14-13/h13-14H,2-12H2,1H3. The molecule has 84 valence electrons. The zero-order valence-electron chi connectivity index (χ0n) is 9.86. The number of unbranched alkanes of at least 4 members (excludes halogenated alkanes) is 6. The molecule has 1 N–H and O–H groups in total. The third-order valence-corrected chi connectivity index (χ3v) is 3.32. The summed E-state index contributed by atoms with van der Waals surface area (Å²) in [5.41, 5.74) is 0. The van der Waals surface area contributed by atoms with Gasteiger partial charge in [-0.15, -0.1) is 0 Å². The highest BCUT2D eigenvalue weighted by atomic mass is 14.9. The van der Waals surface area contributed by atoms with Crippen molar-refractivity contribution in [3.63, 3.8) is 0 Å². The number of hydrogen-bond donors (Lipinski definition) is 1. The van der Waals surface area contributed by atoms with Gasteiger partial charge in [0.25, 0.3) is 0 Å². The fourth-order valence-corrected chi connectivity index (χ4v) is 2.35. The van der Waals surface area contributed by atoms with Crippen LogP contribution in [0.15, 0.2) is 0 Å². The van der Waals surface area contributed by atoms with Crippen LogP contribution in [0.5, 0.6) is 0 Å². The predicted octanol–water partition coefficient (Wildman–Crippen LogP) is 3.88. The Balaban J connectivity index is 1.75. The van der Waals surface area contributed by atoms with Gasteiger partial charge in [0.2, 0.25) is 0 Å². The molecule has 0 aliphatic carbocycles. The first-order valence-electron chi connectivity index (χ1n) is 6.67. The molecule has 1 heteroatoms. The van der Waals surface area contributed by atoms with E-state index in [-0.39, 0.29) is 0 Å². The van der Waals surface area contributed by atoms with E-state index in [0.717, 1.165) is 6.04 Å². The van der Waals surface area contributed by atoms with Crippen LogP contribution in [-0.4, -0.2) is 12.6 Å². The van der Waals surface area contributed by atoms with Crippen molar-refractivity contribution in [3.8, 4) is 0 Å². The van der Waals surface area contributed by atoms with E-state index in [1.54, 1.807) is 0 Å². The lowest BCUT2D eigenvalue weighted by Gasteiger charge is -2.08. The molecule has 0 amide bonds. The van der Waals surface area contributed by atoms with Crippen LogP contribution in [0.4, 0.5) is 0 Å². The topological polar surface area (TPSA) is 12.0 Å². The summed E-state index contributed by atoms with van der Waals surface area (Å²) < 4.78 is 0. The minimum atomic E-state index is 0.866. The summed E-state index contributed by atoms with van der Waals surface area (Å²) >= 11 is 0. The molecule has 0 bridgehead atoms. The van der Waals surface area contributed by atoms with E-state index in [1.165, 1.54) is 70.8 Å². The molecular weight excluding hydrogens is 170 g/mol. The molecule has 1 unspecified atom stereocenters. The lowest BCUT2D eigenvalue weighted by molar-refractivity contribution is 0.502. The highest BCUT2D eigenvalue weighted by Crippen LogP contribution is 2.14. The van der Waals surface area contributed by atoms with E-state index >= 15 is 0 Å². The van der Waals surface area contributed by atoms with Gasteiger partial charge in [0.05, 0.1) is 0 Å². The van der Waals surface area contributed by atoms with E-state index in [9.17, 15) is 0 Å². The van der Waals surface area contributed by atoms with Crippen LogP contribution in [0.3, 0.4) is 0 Å². The van der Waals surface area contributed by atoms with Crippen molar-refractivity contribution in [2.45, 2.75) is 77.2 Å². The lowest BCUT2D eigenvalue weighted by Crippen LogP contribution is -2.20. The number of rotatable bonds is 8. The fraction of sp³-hybridized carbons (Fsp3) is 1.00. The van der Waals surface area contributed by atoms with Crippen LogP contribution in [-0.2, 0) is 0 Å². The molecule has 0 saturated carbocycles. The maximum Gasteiger partial charge on any atom is 0.00675 e. The number of hydrogen-bond acceptors (Lipinski definition) is 1. The summed E-state index contributed by atoms with van der Waals surface area (Å²) in [6.45, 7) is 3.55. The summed E-state index contributed by atoms with van der Waals surface area (Å²) in [7, 11) is 0. The van der Waals surface area contributed by atoms with Crippen molar-refractivity contribution in [1.29, 1.82) is 0 Å². The Bertz CT molecular complexity index is 116. The molecule has 14 heavy (non-hydrogen) atoms. The Morgan fingerprint density at radius 3 is 2.36 bits per heavy atom. The molecule has 1 fully saturated rings. The van der Waals surface area contributed by atoms with Gasteiger partial charge in [0, 0.05) is 6.04 Å². The zero-order chi connectivity index (χ0) is 10.1. The smallest absolute Gasteiger partial charge is 0.00675 e. The fourth-order valence-electron chi connectivity index (χ4n) is 2.35. The number of nitrogens with one attached hydrogen (secondary N) is 1. The van der Waals surface area contributed by atoms with Crippen LogP contribution in [0.1, 0.15) is 71.1 Å². The molecular formula is C13H27N. The van der Waals surface area contributed by atoms with Crippen molar-refractivity contribution < 1.29 is 0 Å².